The molecule has 2 rings (SSSR count). The van der Waals surface area contributed by atoms with E-state index in [9.17, 15) is 4.79 Å². The molecule has 0 fully saturated rings. The Labute approximate surface area is 113 Å². The van der Waals surface area contributed by atoms with Crippen LogP contribution in [0.1, 0.15) is 41.3 Å². The summed E-state index contributed by atoms with van der Waals surface area (Å²) in [5, 5.41) is 0. The fraction of sp³-hybridized carbons (Fsp3) is 0.312. The fourth-order valence-electron chi connectivity index (χ4n) is 2.04. The van der Waals surface area contributed by atoms with Crippen LogP contribution in [0.15, 0.2) is 36.5 Å². The molecule has 0 aliphatic heterocycles. The molecule has 1 heterocycles. The lowest BCUT2D eigenvalue weighted by Crippen LogP contribution is -2.06. The van der Waals surface area contributed by atoms with Gasteiger partial charge in [-0.1, -0.05) is 32.0 Å². The fourth-order valence-corrected chi connectivity index (χ4v) is 2.04. The third-order valence-electron chi connectivity index (χ3n) is 2.84. The van der Waals surface area contributed by atoms with Crippen LogP contribution in [0.25, 0.3) is 0 Å². The Hall–Kier alpha value is -2.03. The maximum absolute atomic E-state index is 12.3. The Balaban J connectivity index is 2.29. The molecule has 0 unspecified atom stereocenters. The number of hydrogen-bond acceptors (Lipinski definition) is 3. The second-order valence-corrected chi connectivity index (χ2v) is 5.12. The molecular formula is C16H18N2O. The summed E-state index contributed by atoms with van der Waals surface area (Å²) in [4.78, 5) is 20.5. The van der Waals surface area contributed by atoms with Crippen LogP contribution in [0.5, 0.6) is 0 Å². The number of hydrogen-bond donors (Lipinski definition) is 0. The Morgan fingerprint density at radius 2 is 2.05 bits per heavy atom. The minimum atomic E-state index is -0.0453. The quantitative estimate of drug-likeness (QED) is 0.787. The number of aryl methyl sites for hydroxylation is 1. The van der Waals surface area contributed by atoms with Gasteiger partial charge >= 0.3 is 0 Å². The number of benzene rings is 1. The number of rotatable bonds is 4. The number of carbonyl (C=O) groups is 1. The number of nitrogens with zero attached hydrogens (tertiary/aromatic N) is 2. The molecule has 0 aliphatic carbocycles. The Kier molecular flexibility index (Phi) is 4.05. The highest BCUT2D eigenvalue weighted by Crippen LogP contribution is 2.13. The van der Waals surface area contributed by atoms with Gasteiger partial charge in [-0.15, -0.1) is 0 Å². The summed E-state index contributed by atoms with van der Waals surface area (Å²) in [5.74, 6) is 1.15. The van der Waals surface area contributed by atoms with E-state index in [0.717, 1.165) is 6.42 Å². The normalized spacial score (nSPS) is 10.7. The van der Waals surface area contributed by atoms with Crippen LogP contribution in [0.4, 0.5) is 0 Å². The third-order valence-corrected chi connectivity index (χ3v) is 2.84. The van der Waals surface area contributed by atoms with E-state index in [1.807, 2.05) is 18.2 Å². The van der Waals surface area contributed by atoms with Crippen molar-refractivity contribution in [3.63, 3.8) is 0 Å². The average molecular weight is 254 g/mol. The van der Waals surface area contributed by atoms with Crippen molar-refractivity contribution >= 4 is 5.78 Å². The molecule has 0 aliphatic rings. The van der Waals surface area contributed by atoms with Crippen molar-refractivity contribution in [1.82, 2.24) is 9.97 Å². The molecule has 3 nitrogen and oxygen atoms in total. The summed E-state index contributed by atoms with van der Waals surface area (Å²) in [5.41, 5.74) is 2.33. The first kappa shape index (κ1) is 13.4. The van der Waals surface area contributed by atoms with Gasteiger partial charge in [0.15, 0.2) is 0 Å². The van der Waals surface area contributed by atoms with Gasteiger partial charge in [0.1, 0.15) is 11.5 Å². The highest BCUT2D eigenvalue weighted by atomic mass is 16.1. The van der Waals surface area contributed by atoms with Gasteiger partial charge in [0.2, 0.25) is 5.78 Å². The number of aromatic nitrogens is 2. The second-order valence-electron chi connectivity index (χ2n) is 5.12. The van der Waals surface area contributed by atoms with Crippen LogP contribution in [-0.2, 0) is 6.42 Å². The molecule has 0 atom stereocenters. The van der Waals surface area contributed by atoms with Crippen molar-refractivity contribution < 1.29 is 4.79 Å². The van der Waals surface area contributed by atoms with E-state index in [1.54, 1.807) is 19.2 Å². The highest BCUT2D eigenvalue weighted by Gasteiger charge is 2.11. The molecule has 0 saturated heterocycles. The molecular weight excluding hydrogens is 236 g/mol. The van der Waals surface area contributed by atoms with Crippen molar-refractivity contribution in [2.75, 3.05) is 0 Å². The van der Waals surface area contributed by atoms with E-state index < -0.39 is 0 Å². The van der Waals surface area contributed by atoms with Gasteiger partial charge < -0.3 is 0 Å². The van der Waals surface area contributed by atoms with E-state index in [-0.39, 0.29) is 5.78 Å². The SMILES string of the molecule is Cc1nccc(C(=O)c2cccc(CC(C)C)c2)n1. The molecule has 0 N–H and O–H groups in total. The number of ketones is 1. The van der Waals surface area contributed by atoms with E-state index >= 15 is 0 Å². The van der Waals surface area contributed by atoms with Crippen molar-refractivity contribution in [1.29, 1.82) is 0 Å². The summed E-state index contributed by atoms with van der Waals surface area (Å²) in [6.45, 7) is 6.12. The molecule has 0 saturated carbocycles. The molecule has 1 aromatic heterocycles. The summed E-state index contributed by atoms with van der Waals surface area (Å²) in [7, 11) is 0. The Bertz CT molecular complexity index is 591. The maximum atomic E-state index is 12.3. The van der Waals surface area contributed by atoms with Crippen LogP contribution in [0.2, 0.25) is 0 Å². The zero-order valence-corrected chi connectivity index (χ0v) is 11.6. The molecule has 2 aromatic rings. The van der Waals surface area contributed by atoms with Crippen molar-refractivity contribution in [3.8, 4) is 0 Å². The van der Waals surface area contributed by atoms with Gasteiger partial charge in [0, 0.05) is 11.8 Å². The molecule has 3 heteroatoms. The van der Waals surface area contributed by atoms with Gasteiger partial charge in [0.05, 0.1) is 0 Å². The maximum Gasteiger partial charge on any atom is 0.211 e. The minimum absolute atomic E-state index is 0.0453. The second kappa shape index (κ2) is 5.74. The predicted molar refractivity (Wildman–Crippen MR) is 75.2 cm³/mol. The van der Waals surface area contributed by atoms with E-state index in [2.05, 4.69) is 29.9 Å². The minimum Gasteiger partial charge on any atom is -0.287 e. The first-order valence-corrected chi connectivity index (χ1v) is 6.49. The third kappa shape index (κ3) is 3.47. The van der Waals surface area contributed by atoms with E-state index in [1.165, 1.54) is 5.56 Å². The number of carbonyl (C=O) groups excluding carboxylic acids is 1. The van der Waals surface area contributed by atoms with Gasteiger partial charge in [-0.25, -0.2) is 9.97 Å². The largest absolute Gasteiger partial charge is 0.287 e. The van der Waals surface area contributed by atoms with Crippen molar-refractivity contribution in [3.05, 3.63) is 59.2 Å². The summed E-state index contributed by atoms with van der Waals surface area (Å²) < 4.78 is 0. The first-order valence-electron chi connectivity index (χ1n) is 6.49. The van der Waals surface area contributed by atoms with Crippen molar-refractivity contribution in [2.24, 2.45) is 5.92 Å². The molecule has 19 heavy (non-hydrogen) atoms. The standard InChI is InChI=1S/C16H18N2O/c1-11(2)9-13-5-4-6-14(10-13)16(19)15-7-8-17-12(3)18-15/h4-8,10-11H,9H2,1-3H3. The lowest BCUT2D eigenvalue weighted by Gasteiger charge is -2.07. The summed E-state index contributed by atoms with van der Waals surface area (Å²) in [6, 6.07) is 9.44. The summed E-state index contributed by atoms with van der Waals surface area (Å²) >= 11 is 0. The topological polar surface area (TPSA) is 42.9 Å². The summed E-state index contributed by atoms with van der Waals surface area (Å²) in [6.07, 6.45) is 2.59. The predicted octanol–water partition coefficient (Wildman–Crippen LogP) is 3.21. The molecule has 0 amide bonds. The van der Waals surface area contributed by atoms with Crippen LogP contribution in [-0.4, -0.2) is 15.8 Å². The lowest BCUT2D eigenvalue weighted by atomic mass is 9.99. The monoisotopic (exact) mass is 254 g/mol. The van der Waals surface area contributed by atoms with Gasteiger partial charge in [-0.2, -0.15) is 0 Å². The van der Waals surface area contributed by atoms with Gasteiger partial charge in [-0.05, 0) is 37.0 Å². The van der Waals surface area contributed by atoms with Crippen LogP contribution in [0, 0.1) is 12.8 Å². The molecule has 98 valence electrons. The molecule has 0 spiro atoms. The van der Waals surface area contributed by atoms with Gasteiger partial charge in [0.25, 0.3) is 0 Å². The van der Waals surface area contributed by atoms with Crippen LogP contribution >= 0.6 is 0 Å². The van der Waals surface area contributed by atoms with E-state index in [4.69, 9.17) is 0 Å². The smallest absolute Gasteiger partial charge is 0.211 e. The van der Waals surface area contributed by atoms with Gasteiger partial charge in [-0.3, -0.25) is 4.79 Å². The zero-order valence-electron chi connectivity index (χ0n) is 11.6. The Morgan fingerprint density at radius 3 is 2.74 bits per heavy atom. The first-order chi connectivity index (χ1) is 9.06. The molecule has 0 radical (unpaired) electrons. The van der Waals surface area contributed by atoms with E-state index in [0.29, 0.717) is 23.0 Å². The lowest BCUT2D eigenvalue weighted by molar-refractivity contribution is 0.103. The zero-order chi connectivity index (χ0) is 13.8. The Morgan fingerprint density at radius 1 is 1.26 bits per heavy atom. The molecule has 1 aromatic carbocycles. The van der Waals surface area contributed by atoms with Crippen LogP contribution in [0.3, 0.4) is 0 Å². The molecule has 0 bridgehead atoms. The average Bonchev–Trinajstić information content (AvgIpc) is 2.37. The van der Waals surface area contributed by atoms with Crippen molar-refractivity contribution in [2.45, 2.75) is 27.2 Å². The van der Waals surface area contributed by atoms with Crippen LogP contribution < -0.4 is 0 Å². The highest BCUT2D eigenvalue weighted by molar-refractivity contribution is 6.07.